The molecule has 1 aromatic heterocycles. The molecule has 1 aliphatic carbocycles. The standard InChI is InChI=1S/C16H20N4OS/c17-13-8-4-7-12(9-13)15(21)18-10-14-19-20-16(22-14)11-5-2-1-3-6-11/h1-3,5-6,12-13H,4,7-10,17H2,(H,18,21). The van der Waals surface area contributed by atoms with Crippen LogP contribution in [0.15, 0.2) is 30.3 Å². The van der Waals surface area contributed by atoms with E-state index in [1.54, 1.807) is 0 Å². The van der Waals surface area contributed by atoms with Crippen LogP contribution in [0.5, 0.6) is 0 Å². The average Bonchev–Trinajstić information content (AvgIpc) is 3.02. The summed E-state index contributed by atoms with van der Waals surface area (Å²) < 4.78 is 0. The highest BCUT2D eigenvalue weighted by atomic mass is 32.1. The quantitative estimate of drug-likeness (QED) is 0.907. The minimum Gasteiger partial charge on any atom is -0.349 e. The van der Waals surface area contributed by atoms with Gasteiger partial charge in [0.05, 0.1) is 6.54 Å². The fourth-order valence-corrected chi connectivity index (χ4v) is 3.58. The molecule has 1 amide bonds. The number of nitrogens with one attached hydrogen (secondary N) is 1. The fourth-order valence-electron chi connectivity index (χ4n) is 2.80. The molecule has 1 fully saturated rings. The first-order valence-corrected chi connectivity index (χ1v) is 8.45. The molecule has 0 saturated heterocycles. The predicted molar refractivity (Wildman–Crippen MR) is 87.1 cm³/mol. The van der Waals surface area contributed by atoms with Gasteiger partial charge in [-0.05, 0) is 19.3 Å². The molecule has 3 N–H and O–H groups in total. The molecule has 1 aromatic carbocycles. The smallest absolute Gasteiger partial charge is 0.223 e. The Morgan fingerprint density at radius 3 is 2.86 bits per heavy atom. The maximum atomic E-state index is 12.2. The molecule has 116 valence electrons. The highest BCUT2D eigenvalue weighted by Crippen LogP contribution is 2.24. The second kappa shape index (κ2) is 6.98. The molecule has 5 nitrogen and oxygen atoms in total. The van der Waals surface area contributed by atoms with Crippen LogP contribution in [0.1, 0.15) is 30.7 Å². The van der Waals surface area contributed by atoms with Gasteiger partial charge in [0.25, 0.3) is 0 Å². The maximum absolute atomic E-state index is 12.2. The second-order valence-electron chi connectivity index (χ2n) is 5.71. The lowest BCUT2D eigenvalue weighted by Crippen LogP contribution is -2.37. The molecular weight excluding hydrogens is 296 g/mol. The summed E-state index contributed by atoms with van der Waals surface area (Å²) in [7, 11) is 0. The van der Waals surface area contributed by atoms with Gasteiger partial charge in [0.2, 0.25) is 5.91 Å². The Labute approximate surface area is 134 Å². The summed E-state index contributed by atoms with van der Waals surface area (Å²) in [5.41, 5.74) is 6.99. The summed E-state index contributed by atoms with van der Waals surface area (Å²) in [5, 5.41) is 13.0. The zero-order valence-electron chi connectivity index (χ0n) is 12.4. The molecule has 0 spiro atoms. The summed E-state index contributed by atoms with van der Waals surface area (Å²) in [6.07, 6.45) is 3.79. The molecule has 1 aliphatic rings. The Bertz CT molecular complexity index is 628. The van der Waals surface area contributed by atoms with Crippen molar-refractivity contribution in [3.8, 4) is 10.6 Å². The van der Waals surface area contributed by atoms with Gasteiger partial charge in [-0.1, -0.05) is 48.1 Å². The third kappa shape index (κ3) is 3.69. The van der Waals surface area contributed by atoms with Crippen LogP contribution in [0.3, 0.4) is 0 Å². The first-order chi connectivity index (χ1) is 10.7. The number of hydrogen-bond acceptors (Lipinski definition) is 5. The summed E-state index contributed by atoms with van der Waals surface area (Å²) in [4.78, 5) is 12.2. The van der Waals surface area contributed by atoms with E-state index in [9.17, 15) is 4.79 Å². The topological polar surface area (TPSA) is 80.9 Å². The van der Waals surface area contributed by atoms with E-state index in [0.717, 1.165) is 41.3 Å². The van der Waals surface area contributed by atoms with E-state index in [-0.39, 0.29) is 17.9 Å². The van der Waals surface area contributed by atoms with E-state index in [2.05, 4.69) is 15.5 Å². The summed E-state index contributed by atoms with van der Waals surface area (Å²) in [5.74, 6) is 0.136. The third-order valence-electron chi connectivity index (χ3n) is 3.99. The van der Waals surface area contributed by atoms with Crippen molar-refractivity contribution >= 4 is 17.2 Å². The first kappa shape index (κ1) is 15.1. The Kier molecular flexibility index (Phi) is 4.80. The van der Waals surface area contributed by atoms with Gasteiger partial charge >= 0.3 is 0 Å². The van der Waals surface area contributed by atoms with Crippen molar-refractivity contribution in [2.24, 2.45) is 11.7 Å². The Morgan fingerprint density at radius 2 is 2.09 bits per heavy atom. The molecular formula is C16H20N4OS. The molecule has 1 heterocycles. The molecule has 0 bridgehead atoms. The van der Waals surface area contributed by atoms with Gasteiger partial charge in [-0.2, -0.15) is 0 Å². The molecule has 1 saturated carbocycles. The van der Waals surface area contributed by atoms with Crippen LogP contribution < -0.4 is 11.1 Å². The molecule has 2 unspecified atom stereocenters. The second-order valence-corrected chi connectivity index (χ2v) is 6.77. The summed E-state index contributed by atoms with van der Waals surface area (Å²) >= 11 is 1.51. The number of hydrogen-bond donors (Lipinski definition) is 2. The Balaban J connectivity index is 1.56. The zero-order valence-corrected chi connectivity index (χ0v) is 13.2. The lowest BCUT2D eigenvalue weighted by Gasteiger charge is -2.25. The van der Waals surface area contributed by atoms with Crippen molar-refractivity contribution in [2.75, 3.05) is 0 Å². The minimum absolute atomic E-state index is 0.0465. The summed E-state index contributed by atoms with van der Waals surface area (Å²) in [6, 6.07) is 10.1. The number of amides is 1. The van der Waals surface area contributed by atoms with Gasteiger partial charge in [0.15, 0.2) is 0 Å². The zero-order chi connectivity index (χ0) is 15.4. The van der Waals surface area contributed by atoms with Crippen LogP contribution in [-0.2, 0) is 11.3 Å². The molecule has 0 aliphatic heterocycles. The van der Waals surface area contributed by atoms with E-state index in [4.69, 9.17) is 5.73 Å². The molecule has 6 heteroatoms. The van der Waals surface area contributed by atoms with Gasteiger partial charge in [0.1, 0.15) is 10.0 Å². The number of rotatable bonds is 4. The highest BCUT2D eigenvalue weighted by Gasteiger charge is 2.25. The van der Waals surface area contributed by atoms with Crippen molar-refractivity contribution < 1.29 is 4.79 Å². The molecule has 0 radical (unpaired) electrons. The number of carbonyl (C=O) groups excluding carboxylic acids is 1. The van der Waals surface area contributed by atoms with Crippen LogP contribution in [0.25, 0.3) is 10.6 Å². The predicted octanol–water partition coefficient (Wildman–Crippen LogP) is 2.34. The molecule has 22 heavy (non-hydrogen) atoms. The Hall–Kier alpha value is -1.79. The Morgan fingerprint density at radius 1 is 1.27 bits per heavy atom. The first-order valence-electron chi connectivity index (χ1n) is 7.63. The van der Waals surface area contributed by atoms with Gasteiger partial charge in [-0.15, -0.1) is 10.2 Å². The normalized spacial score (nSPS) is 21.5. The number of nitrogens with zero attached hydrogens (tertiary/aromatic N) is 2. The van der Waals surface area contributed by atoms with Crippen LogP contribution in [-0.4, -0.2) is 22.1 Å². The lowest BCUT2D eigenvalue weighted by molar-refractivity contribution is -0.126. The van der Waals surface area contributed by atoms with E-state index in [1.807, 2.05) is 30.3 Å². The van der Waals surface area contributed by atoms with Gasteiger partial charge < -0.3 is 11.1 Å². The van der Waals surface area contributed by atoms with Crippen LogP contribution in [0, 0.1) is 5.92 Å². The number of carbonyl (C=O) groups is 1. The average molecular weight is 316 g/mol. The van der Waals surface area contributed by atoms with Crippen molar-refractivity contribution in [3.05, 3.63) is 35.3 Å². The SMILES string of the molecule is NC1CCCC(C(=O)NCc2nnc(-c3ccccc3)s2)C1. The lowest BCUT2D eigenvalue weighted by atomic mass is 9.85. The van der Waals surface area contributed by atoms with E-state index in [0.29, 0.717) is 6.54 Å². The number of benzene rings is 1. The van der Waals surface area contributed by atoms with Crippen molar-refractivity contribution in [2.45, 2.75) is 38.3 Å². The fraction of sp³-hybridized carbons (Fsp3) is 0.438. The van der Waals surface area contributed by atoms with Crippen molar-refractivity contribution in [3.63, 3.8) is 0 Å². The highest BCUT2D eigenvalue weighted by molar-refractivity contribution is 7.14. The number of nitrogens with two attached hydrogens (primary N) is 1. The van der Waals surface area contributed by atoms with Crippen LogP contribution in [0.4, 0.5) is 0 Å². The molecule has 2 aromatic rings. The van der Waals surface area contributed by atoms with Crippen molar-refractivity contribution in [1.82, 2.24) is 15.5 Å². The monoisotopic (exact) mass is 316 g/mol. The molecule has 3 rings (SSSR count). The van der Waals surface area contributed by atoms with Gasteiger partial charge in [0, 0.05) is 17.5 Å². The van der Waals surface area contributed by atoms with E-state index in [1.165, 1.54) is 11.3 Å². The summed E-state index contributed by atoms with van der Waals surface area (Å²) in [6.45, 7) is 0.440. The van der Waals surface area contributed by atoms with E-state index >= 15 is 0 Å². The largest absolute Gasteiger partial charge is 0.349 e. The van der Waals surface area contributed by atoms with Crippen molar-refractivity contribution in [1.29, 1.82) is 0 Å². The minimum atomic E-state index is 0.0465. The number of aromatic nitrogens is 2. The maximum Gasteiger partial charge on any atom is 0.223 e. The molecule has 2 atom stereocenters. The van der Waals surface area contributed by atoms with Crippen LogP contribution in [0.2, 0.25) is 0 Å². The third-order valence-corrected chi connectivity index (χ3v) is 4.96. The van der Waals surface area contributed by atoms with Gasteiger partial charge in [-0.25, -0.2) is 0 Å². The van der Waals surface area contributed by atoms with E-state index < -0.39 is 0 Å². The van der Waals surface area contributed by atoms with Gasteiger partial charge in [-0.3, -0.25) is 4.79 Å². The van der Waals surface area contributed by atoms with Crippen LogP contribution >= 0.6 is 11.3 Å².